The molecule has 23 nitrogen and oxygen atoms in total. The third-order valence-corrected chi connectivity index (χ3v) is 22.2. The number of ether oxygens (including phenoxy) is 6. The number of aliphatic carboxylic acids is 1. The summed E-state index contributed by atoms with van der Waals surface area (Å²) in [4.78, 5) is 38.8. The second kappa shape index (κ2) is 63.5. The molecule has 0 aliphatic carbocycles. The van der Waals surface area contributed by atoms with Gasteiger partial charge in [0.25, 0.3) is 5.79 Å². The van der Waals surface area contributed by atoms with Gasteiger partial charge in [-0.25, -0.2) is 4.79 Å². The van der Waals surface area contributed by atoms with Crippen molar-refractivity contribution in [2.24, 2.45) is 0 Å². The minimum atomic E-state index is -3.08. The Bertz CT molecular complexity index is 2240. The lowest BCUT2D eigenvalue weighted by molar-refractivity contribution is -0.386. The Balaban J connectivity index is 1.44. The molecule has 0 bridgehead atoms. The molecule has 18 atom stereocenters. The van der Waals surface area contributed by atoms with Crippen LogP contribution in [0.25, 0.3) is 0 Å². The first-order valence-electron chi connectivity index (χ1n) is 43.7. The summed E-state index contributed by atoms with van der Waals surface area (Å²) in [5.74, 6) is -6.09. The smallest absolute Gasteiger partial charge is 0.364 e. The lowest BCUT2D eigenvalue weighted by Gasteiger charge is -2.50. The quantitative estimate of drug-likeness (QED) is 0.0199. The summed E-state index contributed by atoms with van der Waals surface area (Å²) in [6.07, 6.45) is 43.3. The predicted molar refractivity (Wildman–Crippen MR) is 421 cm³/mol. The zero-order chi connectivity index (χ0) is 78.8. The van der Waals surface area contributed by atoms with Crippen molar-refractivity contribution in [3.63, 3.8) is 0 Å². The van der Waals surface area contributed by atoms with E-state index in [1.165, 1.54) is 250 Å². The molecule has 0 aromatic heterocycles. The standard InChI is InChI=1S/C85H158N2O21/c1-4-6-8-10-12-14-16-18-20-22-24-25-26-27-28-29-30-31-32-33-34-35-36-37-38-39-41-43-45-47-49-51-53-55-57-59-72(95)87-66(67(92)58-56-54-52-50-48-46-44-42-40-23-21-19-17-15-13-11-9-7-5-2)64-103-82-77(99)76(98)79(71(63-90)105-82)106-83-78(100)81(75(97)70(62-89)104-83)108-85(84(101)102)60-68(93)73(86-65(3)91)80(107-85)74(96)69(94)61-88/h26-27,29-30,66-71,73-83,88-90,92-94,96-100H,4-25,28,31-64H2,1-3H3,(H,86,91)(H,87,95)(H,101,102)/b27-26-,30-29-. The number of amides is 2. The summed E-state index contributed by atoms with van der Waals surface area (Å²) in [5, 5.41) is 137. The van der Waals surface area contributed by atoms with Crippen LogP contribution in [0.1, 0.15) is 361 Å². The van der Waals surface area contributed by atoms with Crippen molar-refractivity contribution >= 4 is 17.8 Å². The number of hydrogen-bond donors (Lipinski definition) is 14. The topological polar surface area (TPSA) is 373 Å². The minimum Gasteiger partial charge on any atom is -0.477 e. The number of carbonyl (C=O) groups is 3. The number of rotatable bonds is 70. The number of carboxylic acid groups (broad SMARTS) is 1. The molecule has 0 saturated carbocycles. The first-order chi connectivity index (χ1) is 52.4. The fourth-order valence-electron chi connectivity index (χ4n) is 15.3. The van der Waals surface area contributed by atoms with Gasteiger partial charge in [-0.15, -0.1) is 0 Å². The highest BCUT2D eigenvalue weighted by Gasteiger charge is 2.60. The summed E-state index contributed by atoms with van der Waals surface area (Å²) in [6, 6.07) is -2.53. The molecule has 0 radical (unpaired) electrons. The Hall–Kier alpha value is -2.79. The van der Waals surface area contributed by atoms with E-state index in [0.717, 1.165) is 64.7 Å². The normalized spacial score (nSPS) is 25.9. The second-order valence-electron chi connectivity index (χ2n) is 31.8. The Morgan fingerprint density at radius 3 is 1.30 bits per heavy atom. The molecule has 3 rings (SSSR count). The van der Waals surface area contributed by atoms with Gasteiger partial charge in [-0.05, 0) is 44.9 Å². The average molecular weight is 1540 g/mol. The van der Waals surface area contributed by atoms with Gasteiger partial charge in [0.1, 0.15) is 67.1 Å². The second-order valence-corrected chi connectivity index (χ2v) is 31.8. The Morgan fingerprint density at radius 1 is 0.481 bits per heavy atom. The molecule has 2 amide bonds. The zero-order valence-electron chi connectivity index (χ0n) is 67.5. The molecule has 3 heterocycles. The highest BCUT2D eigenvalue weighted by atomic mass is 16.8. The van der Waals surface area contributed by atoms with E-state index in [-0.39, 0.29) is 18.9 Å². The van der Waals surface area contributed by atoms with Crippen LogP contribution in [-0.4, -0.2) is 215 Å². The van der Waals surface area contributed by atoms with Crippen LogP contribution in [0.4, 0.5) is 0 Å². The maximum Gasteiger partial charge on any atom is 0.364 e. The van der Waals surface area contributed by atoms with E-state index in [0.29, 0.717) is 19.3 Å². The Kier molecular flexibility index (Phi) is 58.5. The van der Waals surface area contributed by atoms with E-state index < -0.39 is 148 Å². The summed E-state index contributed by atoms with van der Waals surface area (Å²) >= 11 is 0. The molecule has 634 valence electrons. The van der Waals surface area contributed by atoms with E-state index >= 15 is 0 Å². The number of nitrogens with one attached hydrogen (secondary N) is 2. The molecule has 0 aromatic carbocycles. The lowest BCUT2D eigenvalue weighted by atomic mass is 9.88. The molecular weight excluding hydrogens is 1380 g/mol. The molecule has 0 spiro atoms. The van der Waals surface area contributed by atoms with Gasteiger partial charge in [-0.2, -0.15) is 0 Å². The van der Waals surface area contributed by atoms with Crippen molar-refractivity contribution in [2.75, 3.05) is 26.4 Å². The van der Waals surface area contributed by atoms with Gasteiger partial charge >= 0.3 is 5.97 Å². The monoisotopic (exact) mass is 1540 g/mol. The first-order valence-corrected chi connectivity index (χ1v) is 43.7. The van der Waals surface area contributed by atoms with E-state index in [2.05, 4.69) is 48.8 Å². The highest BCUT2D eigenvalue weighted by Crippen LogP contribution is 2.39. The summed E-state index contributed by atoms with van der Waals surface area (Å²) < 4.78 is 35.0. The van der Waals surface area contributed by atoms with Crippen LogP contribution >= 0.6 is 0 Å². The number of allylic oxidation sites excluding steroid dienone is 4. The first kappa shape index (κ1) is 99.4. The van der Waals surface area contributed by atoms with Crippen molar-refractivity contribution in [1.29, 1.82) is 0 Å². The third-order valence-electron chi connectivity index (χ3n) is 22.2. The fourth-order valence-corrected chi connectivity index (χ4v) is 15.3. The number of carbonyl (C=O) groups excluding carboxylic acids is 2. The van der Waals surface area contributed by atoms with Crippen molar-refractivity contribution in [3.8, 4) is 0 Å². The van der Waals surface area contributed by atoms with Gasteiger partial charge in [-0.1, -0.05) is 321 Å². The van der Waals surface area contributed by atoms with Crippen LogP contribution in [0, 0.1) is 0 Å². The summed E-state index contributed by atoms with van der Waals surface area (Å²) in [5.41, 5.74) is 0. The van der Waals surface area contributed by atoms with Crippen LogP contribution in [0.3, 0.4) is 0 Å². The SMILES string of the molecule is CCCCCCCCCCCCC/C=C\C/C=C\CCCCCCCCCCCCCCCCCCCC(=O)NC(COC1OC(CO)C(OC2OC(CO)C(O)C(OC3(C(=O)O)CC(O)C(NC(C)=O)C(C(O)C(O)CO)O3)C2O)C(O)C1O)C(O)CCCCCCCCCCCCCCCCCCCCC. The van der Waals surface area contributed by atoms with Crippen molar-refractivity contribution in [3.05, 3.63) is 24.3 Å². The predicted octanol–water partition coefficient (Wildman–Crippen LogP) is 13.1. The van der Waals surface area contributed by atoms with Crippen molar-refractivity contribution < 1.29 is 104 Å². The van der Waals surface area contributed by atoms with Crippen molar-refractivity contribution in [1.82, 2.24) is 10.6 Å². The molecule has 14 N–H and O–H groups in total. The average Bonchev–Trinajstić information content (AvgIpc) is 0.754. The molecule has 3 saturated heterocycles. The van der Waals surface area contributed by atoms with Crippen molar-refractivity contribution in [2.45, 2.75) is 471 Å². The van der Waals surface area contributed by atoms with E-state index in [4.69, 9.17) is 28.4 Å². The minimum absolute atomic E-state index is 0.226. The molecule has 18 unspecified atom stereocenters. The largest absolute Gasteiger partial charge is 0.477 e. The highest BCUT2D eigenvalue weighted by molar-refractivity contribution is 5.77. The zero-order valence-corrected chi connectivity index (χ0v) is 67.5. The molecule has 108 heavy (non-hydrogen) atoms. The maximum atomic E-state index is 13.6. The number of aliphatic hydroxyl groups is 11. The van der Waals surface area contributed by atoms with Gasteiger partial charge in [0.15, 0.2) is 12.6 Å². The Morgan fingerprint density at radius 2 is 0.889 bits per heavy atom. The van der Waals surface area contributed by atoms with Crippen LogP contribution in [-0.2, 0) is 42.8 Å². The molecule has 0 aromatic rings. The molecular formula is C85H158N2O21. The fraction of sp³-hybridized carbons (Fsp3) is 0.918. The third kappa shape index (κ3) is 42.5. The molecule has 3 aliphatic rings. The summed E-state index contributed by atoms with van der Waals surface area (Å²) in [7, 11) is 0. The number of hydrogen-bond acceptors (Lipinski definition) is 20. The molecule has 3 aliphatic heterocycles. The number of aliphatic hydroxyl groups excluding tert-OH is 11. The van der Waals surface area contributed by atoms with E-state index in [9.17, 15) is 75.7 Å². The van der Waals surface area contributed by atoms with E-state index in [1.807, 2.05) is 0 Å². The lowest BCUT2D eigenvalue weighted by Crippen LogP contribution is -2.70. The van der Waals surface area contributed by atoms with Crippen LogP contribution in [0.15, 0.2) is 24.3 Å². The molecule has 3 fully saturated rings. The van der Waals surface area contributed by atoms with Gasteiger partial charge in [0.2, 0.25) is 11.8 Å². The summed E-state index contributed by atoms with van der Waals surface area (Å²) in [6.45, 7) is 2.27. The van der Waals surface area contributed by atoms with Gasteiger partial charge in [-0.3, -0.25) is 9.59 Å². The van der Waals surface area contributed by atoms with Crippen LogP contribution < -0.4 is 10.6 Å². The Labute approximate surface area is 651 Å². The van der Waals surface area contributed by atoms with Gasteiger partial charge in [0.05, 0.1) is 50.7 Å². The van der Waals surface area contributed by atoms with Crippen LogP contribution in [0.2, 0.25) is 0 Å². The number of carboxylic acids is 1. The van der Waals surface area contributed by atoms with Gasteiger partial charge in [0, 0.05) is 19.8 Å². The van der Waals surface area contributed by atoms with E-state index in [1.54, 1.807) is 0 Å². The van der Waals surface area contributed by atoms with Crippen LogP contribution in [0.5, 0.6) is 0 Å². The number of unbranched alkanes of at least 4 members (excludes halogenated alkanes) is 46. The maximum absolute atomic E-state index is 13.6. The molecule has 23 heteroatoms. The van der Waals surface area contributed by atoms with Gasteiger partial charge < -0.3 is 100 Å².